The van der Waals surface area contributed by atoms with Gasteiger partial charge in [-0.3, -0.25) is 0 Å². The molecule has 0 spiro atoms. The van der Waals surface area contributed by atoms with Crippen LogP contribution in [0.1, 0.15) is 12.5 Å². The third-order valence-corrected chi connectivity index (χ3v) is 1.64. The lowest BCUT2D eigenvalue weighted by Gasteiger charge is -1.95. The monoisotopic (exact) mass is 156 g/mol. The molecule has 12 heavy (non-hydrogen) atoms. The molecule has 2 radical (unpaired) electrons. The Morgan fingerprint density at radius 2 is 2.00 bits per heavy atom. The lowest BCUT2D eigenvalue weighted by molar-refractivity contribution is 1.17. The van der Waals surface area contributed by atoms with Crippen LogP contribution >= 0.6 is 0 Å². The number of hydrogen-bond acceptors (Lipinski definition) is 0. The normalized spacial score (nSPS) is 13.4. The molecule has 1 atom stereocenters. The Hall–Kier alpha value is -0.975. The van der Waals surface area contributed by atoms with Crippen LogP contribution in [0.2, 0.25) is 5.82 Å². The van der Waals surface area contributed by atoms with E-state index < -0.39 is 0 Å². The summed E-state index contributed by atoms with van der Waals surface area (Å²) in [5.74, 6) is 0.161. The first-order chi connectivity index (χ1) is 5.79. The molecule has 0 aliphatic rings. The lowest BCUT2D eigenvalue weighted by Crippen LogP contribution is -1.81. The molecule has 1 aromatic rings. The maximum absolute atomic E-state index is 5.57. The van der Waals surface area contributed by atoms with Gasteiger partial charge in [0.15, 0.2) is 0 Å². The Kier molecular flexibility index (Phi) is 3.66. The van der Waals surface area contributed by atoms with Crippen LogP contribution in [0.4, 0.5) is 0 Å². The second-order valence-electron chi connectivity index (χ2n) is 2.98. The zero-order valence-electron chi connectivity index (χ0n) is 7.40. The van der Waals surface area contributed by atoms with Crippen molar-refractivity contribution in [3.8, 4) is 0 Å². The molecule has 0 heterocycles. The quantitative estimate of drug-likeness (QED) is 0.466. The molecule has 0 aliphatic heterocycles. The van der Waals surface area contributed by atoms with E-state index in [-0.39, 0.29) is 5.82 Å². The van der Waals surface area contributed by atoms with E-state index in [1.807, 2.05) is 19.1 Å². The number of rotatable bonds is 3. The maximum atomic E-state index is 5.57. The van der Waals surface area contributed by atoms with E-state index in [1.54, 1.807) is 0 Å². The Morgan fingerprint density at radius 3 is 2.58 bits per heavy atom. The Balaban J connectivity index is 2.43. The highest BCUT2D eigenvalue weighted by Gasteiger charge is 1.86. The second kappa shape index (κ2) is 4.81. The van der Waals surface area contributed by atoms with E-state index in [0.717, 1.165) is 6.42 Å². The van der Waals surface area contributed by atoms with Crippen molar-refractivity contribution in [1.82, 2.24) is 0 Å². The predicted molar refractivity (Wildman–Crippen MR) is 54.5 cm³/mol. The van der Waals surface area contributed by atoms with Gasteiger partial charge >= 0.3 is 0 Å². The van der Waals surface area contributed by atoms with Gasteiger partial charge in [-0.25, -0.2) is 0 Å². The molecule has 0 N–H and O–H groups in total. The lowest BCUT2D eigenvalue weighted by atomic mass is 9.89. The first kappa shape index (κ1) is 9.12. The molecule has 0 aromatic heterocycles. The third kappa shape index (κ3) is 3.43. The summed E-state index contributed by atoms with van der Waals surface area (Å²) in [5, 5.41) is 0. The molecule has 60 valence electrons. The van der Waals surface area contributed by atoms with E-state index in [2.05, 4.69) is 30.3 Å². The molecule has 0 amide bonds. The van der Waals surface area contributed by atoms with Crippen molar-refractivity contribution in [2.75, 3.05) is 0 Å². The first-order valence-corrected chi connectivity index (χ1v) is 4.25. The topological polar surface area (TPSA) is 0 Å². The van der Waals surface area contributed by atoms with Gasteiger partial charge in [-0.1, -0.05) is 55.2 Å². The Bertz CT molecular complexity index is 236. The van der Waals surface area contributed by atoms with Crippen molar-refractivity contribution < 1.29 is 0 Å². The van der Waals surface area contributed by atoms with Gasteiger partial charge < -0.3 is 0 Å². The molecule has 0 bridgehead atoms. The summed E-state index contributed by atoms with van der Waals surface area (Å²) in [6, 6.07) is 10.4. The fourth-order valence-electron chi connectivity index (χ4n) is 1.03. The molecule has 0 fully saturated rings. The summed E-state index contributed by atoms with van der Waals surface area (Å²) in [5.41, 5.74) is 1.33. The molecular formula is C11H13B. The number of benzene rings is 1. The zero-order chi connectivity index (χ0) is 8.81. The summed E-state index contributed by atoms with van der Waals surface area (Å²) in [6.07, 6.45) is 5.11. The molecule has 1 aromatic carbocycles. The summed E-state index contributed by atoms with van der Waals surface area (Å²) in [6.45, 7) is 1.97. The van der Waals surface area contributed by atoms with Crippen LogP contribution in [0.3, 0.4) is 0 Å². The van der Waals surface area contributed by atoms with Gasteiger partial charge in [-0.15, -0.1) is 0 Å². The Morgan fingerprint density at radius 1 is 1.33 bits per heavy atom. The number of hydrogen-bond donors (Lipinski definition) is 0. The van der Waals surface area contributed by atoms with Gasteiger partial charge in [0.2, 0.25) is 0 Å². The average molecular weight is 156 g/mol. The molecule has 1 unspecified atom stereocenters. The maximum Gasteiger partial charge on any atom is 0.0751 e. The Labute approximate surface area is 75.7 Å². The summed E-state index contributed by atoms with van der Waals surface area (Å²) >= 11 is 0. The molecule has 0 nitrogen and oxygen atoms in total. The minimum atomic E-state index is 0.161. The zero-order valence-corrected chi connectivity index (χ0v) is 7.40. The predicted octanol–water partition coefficient (Wildman–Crippen LogP) is 2.76. The van der Waals surface area contributed by atoms with Crippen LogP contribution in [-0.2, 0) is 6.42 Å². The average Bonchev–Trinajstić information content (AvgIpc) is 2.05. The fraction of sp³-hybridized carbons (Fsp3) is 0.273. The van der Waals surface area contributed by atoms with Crippen molar-refractivity contribution >= 4 is 7.85 Å². The van der Waals surface area contributed by atoms with Gasteiger partial charge in [0.05, 0.1) is 7.85 Å². The molecule has 1 heteroatoms. The van der Waals surface area contributed by atoms with Crippen LogP contribution in [0.25, 0.3) is 0 Å². The van der Waals surface area contributed by atoms with E-state index in [4.69, 9.17) is 7.85 Å². The minimum absolute atomic E-state index is 0.161. The van der Waals surface area contributed by atoms with Crippen molar-refractivity contribution in [3.05, 3.63) is 48.0 Å². The van der Waals surface area contributed by atoms with E-state index in [0.29, 0.717) is 0 Å². The summed E-state index contributed by atoms with van der Waals surface area (Å²) in [7, 11) is 5.57. The fourth-order valence-corrected chi connectivity index (χ4v) is 1.03. The third-order valence-electron chi connectivity index (χ3n) is 1.64. The van der Waals surface area contributed by atoms with Crippen LogP contribution in [-0.4, -0.2) is 7.85 Å². The smallest absolute Gasteiger partial charge is 0.0751 e. The SMILES string of the molecule is [B]C(C)/C=C/Cc1ccccc1. The van der Waals surface area contributed by atoms with Crippen LogP contribution in [0.15, 0.2) is 42.5 Å². The van der Waals surface area contributed by atoms with Crippen molar-refractivity contribution in [1.29, 1.82) is 0 Å². The second-order valence-corrected chi connectivity index (χ2v) is 2.98. The van der Waals surface area contributed by atoms with Gasteiger partial charge in [0.25, 0.3) is 0 Å². The van der Waals surface area contributed by atoms with Gasteiger partial charge in [-0.2, -0.15) is 0 Å². The van der Waals surface area contributed by atoms with Gasteiger partial charge in [0.1, 0.15) is 0 Å². The molecule has 0 saturated carbocycles. The highest BCUT2D eigenvalue weighted by Crippen LogP contribution is 2.03. The van der Waals surface area contributed by atoms with Crippen LogP contribution in [0, 0.1) is 0 Å². The minimum Gasteiger partial charge on any atom is -0.0940 e. The molecular weight excluding hydrogens is 143 g/mol. The summed E-state index contributed by atoms with van der Waals surface area (Å²) in [4.78, 5) is 0. The molecule has 1 rings (SSSR count). The van der Waals surface area contributed by atoms with E-state index >= 15 is 0 Å². The highest BCUT2D eigenvalue weighted by molar-refractivity contribution is 6.12. The van der Waals surface area contributed by atoms with E-state index in [1.165, 1.54) is 5.56 Å². The van der Waals surface area contributed by atoms with Gasteiger partial charge in [-0.05, 0) is 12.0 Å². The number of allylic oxidation sites excluding steroid dienone is 2. The van der Waals surface area contributed by atoms with Gasteiger partial charge in [0, 0.05) is 0 Å². The first-order valence-electron chi connectivity index (χ1n) is 4.25. The van der Waals surface area contributed by atoms with Crippen molar-refractivity contribution in [2.24, 2.45) is 0 Å². The van der Waals surface area contributed by atoms with E-state index in [9.17, 15) is 0 Å². The van der Waals surface area contributed by atoms with Crippen LogP contribution in [0.5, 0.6) is 0 Å². The molecule has 0 aliphatic carbocycles. The summed E-state index contributed by atoms with van der Waals surface area (Å²) < 4.78 is 0. The van der Waals surface area contributed by atoms with Crippen molar-refractivity contribution in [3.63, 3.8) is 0 Å². The van der Waals surface area contributed by atoms with Crippen LogP contribution < -0.4 is 0 Å². The largest absolute Gasteiger partial charge is 0.0940 e. The van der Waals surface area contributed by atoms with Crippen molar-refractivity contribution in [2.45, 2.75) is 19.2 Å². The standard InChI is InChI=1S/C11H13B/c1-10(12)6-5-9-11-7-3-2-4-8-11/h2-8,10H,9H2,1H3/b6-5+. The highest BCUT2D eigenvalue weighted by atomic mass is 13.9. The molecule has 0 saturated heterocycles.